The van der Waals surface area contributed by atoms with E-state index in [1.54, 1.807) is 41.3 Å². The largest absolute Gasteiger partial charge is 0.375 e. The fourth-order valence-electron chi connectivity index (χ4n) is 4.62. The number of carbonyl (C=O) groups is 2. The number of ketones is 1. The van der Waals surface area contributed by atoms with Gasteiger partial charge >= 0.3 is 0 Å². The van der Waals surface area contributed by atoms with Gasteiger partial charge in [-0.25, -0.2) is 0 Å². The zero-order valence-corrected chi connectivity index (χ0v) is 17.6. The maximum atomic E-state index is 13.4. The average Bonchev–Trinajstić information content (AvgIpc) is 3.33. The first-order valence-corrected chi connectivity index (χ1v) is 10.8. The minimum absolute atomic E-state index is 0.253. The number of Topliss-reactive ketones (excluding diaryl/α,β-unsaturated/α-hetero) is 1. The maximum absolute atomic E-state index is 13.4. The zero-order valence-electron chi connectivity index (χ0n) is 17.6. The third-order valence-corrected chi connectivity index (χ3v) is 6.25. The summed E-state index contributed by atoms with van der Waals surface area (Å²) in [6.07, 6.45) is 3.28. The standard InChI is InChI=1S/C27H24N2O3/c30-25(19-9-2-1-3-10-19)17-27(32)22-13-5-7-15-24(22)29(26(27)31)16-8-11-20-18-28-23-14-6-4-12-21(20)23/h1-7,9-10,12-15,18,28,32H,8,11,16-17H2/t27-/m1/s1. The van der Waals surface area contributed by atoms with Gasteiger partial charge in [0.15, 0.2) is 11.4 Å². The van der Waals surface area contributed by atoms with Crippen molar-refractivity contribution in [1.82, 2.24) is 4.98 Å². The van der Waals surface area contributed by atoms with Crippen molar-refractivity contribution >= 4 is 28.3 Å². The van der Waals surface area contributed by atoms with Crippen LogP contribution in [0.15, 0.2) is 85.1 Å². The van der Waals surface area contributed by atoms with Crippen LogP contribution in [0, 0.1) is 0 Å². The van der Waals surface area contributed by atoms with Crippen LogP contribution in [0.2, 0.25) is 0 Å². The van der Waals surface area contributed by atoms with Crippen molar-refractivity contribution in [2.45, 2.75) is 24.9 Å². The number of benzene rings is 3. The molecule has 5 heteroatoms. The Labute approximate surface area is 186 Å². The van der Waals surface area contributed by atoms with Crippen LogP contribution in [0.3, 0.4) is 0 Å². The normalized spacial score (nSPS) is 17.7. The molecule has 0 aliphatic carbocycles. The molecule has 5 nitrogen and oxygen atoms in total. The van der Waals surface area contributed by atoms with Crippen molar-refractivity contribution < 1.29 is 14.7 Å². The number of H-pyrrole nitrogens is 1. The highest BCUT2D eigenvalue weighted by molar-refractivity contribution is 6.10. The second-order valence-electron chi connectivity index (χ2n) is 8.26. The van der Waals surface area contributed by atoms with E-state index in [4.69, 9.17) is 0 Å². The molecule has 5 rings (SSSR count). The average molecular weight is 425 g/mol. The molecule has 0 saturated carbocycles. The Kier molecular flexibility index (Phi) is 5.11. The molecule has 3 aromatic carbocycles. The van der Waals surface area contributed by atoms with Crippen LogP contribution < -0.4 is 4.90 Å². The molecule has 1 aliphatic rings. The molecule has 32 heavy (non-hydrogen) atoms. The first-order chi connectivity index (χ1) is 15.6. The van der Waals surface area contributed by atoms with Crippen molar-refractivity contribution in [3.05, 3.63) is 102 Å². The minimum Gasteiger partial charge on any atom is -0.375 e. The van der Waals surface area contributed by atoms with Crippen molar-refractivity contribution in [3.63, 3.8) is 0 Å². The van der Waals surface area contributed by atoms with Gasteiger partial charge in [-0.3, -0.25) is 9.59 Å². The molecule has 1 aliphatic heterocycles. The summed E-state index contributed by atoms with van der Waals surface area (Å²) in [7, 11) is 0. The molecule has 0 unspecified atom stereocenters. The predicted molar refractivity (Wildman–Crippen MR) is 125 cm³/mol. The topological polar surface area (TPSA) is 73.4 Å². The first kappa shape index (κ1) is 20.2. The number of hydrogen-bond donors (Lipinski definition) is 2. The molecule has 4 aromatic rings. The number of aromatic nitrogens is 1. The smallest absolute Gasteiger partial charge is 0.264 e. The molecule has 1 amide bonds. The summed E-state index contributed by atoms with van der Waals surface area (Å²) >= 11 is 0. The molecule has 0 bridgehead atoms. The predicted octanol–water partition coefficient (Wildman–Crippen LogP) is 4.61. The number of para-hydroxylation sites is 2. The van der Waals surface area contributed by atoms with Gasteiger partial charge in [0.25, 0.3) is 5.91 Å². The molecule has 1 aromatic heterocycles. The Balaban J connectivity index is 1.36. The van der Waals surface area contributed by atoms with Gasteiger partial charge in [0.2, 0.25) is 0 Å². The lowest BCUT2D eigenvalue weighted by Crippen LogP contribution is -2.42. The Bertz CT molecular complexity index is 1290. The number of nitrogens with one attached hydrogen (secondary N) is 1. The third kappa shape index (κ3) is 3.41. The first-order valence-electron chi connectivity index (χ1n) is 10.8. The number of aryl methyl sites for hydroxylation is 1. The van der Waals surface area contributed by atoms with Gasteiger partial charge in [-0.1, -0.05) is 66.7 Å². The Hall–Kier alpha value is -3.70. The highest BCUT2D eigenvalue weighted by Gasteiger charge is 2.50. The monoisotopic (exact) mass is 424 g/mol. The lowest BCUT2D eigenvalue weighted by Gasteiger charge is -2.23. The number of aromatic amines is 1. The summed E-state index contributed by atoms with van der Waals surface area (Å²) in [5.74, 6) is -0.682. The number of amides is 1. The van der Waals surface area contributed by atoms with Crippen LogP contribution in [0.1, 0.15) is 34.3 Å². The van der Waals surface area contributed by atoms with E-state index in [1.165, 1.54) is 10.9 Å². The molecule has 0 fully saturated rings. The van der Waals surface area contributed by atoms with Gasteiger partial charge < -0.3 is 15.0 Å². The molecular formula is C27H24N2O3. The van der Waals surface area contributed by atoms with E-state index < -0.39 is 11.5 Å². The lowest BCUT2D eigenvalue weighted by molar-refractivity contribution is -0.135. The van der Waals surface area contributed by atoms with Gasteiger partial charge in [-0.05, 0) is 30.5 Å². The van der Waals surface area contributed by atoms with E-state index >= 15 is 0 Å². The summed E-state index contributed by atoms with van der Waals surface area (Å²) < 4.78 is 0. The molecule has 2 N–H and O–H groups in total. The Morgan fingerprint density at radius 2 is 1.66 bits per heavy atom. The van der Waals surface area contributed by atoms with Gasteiger partial charge in [0, 0.05) is 34.8 Å². The molecule has 2 heterocycles. The van der Waals surface area contributed by atoms with Crippen LogP contribution in [0.4, 0.5) is 5.69 Å². The van der Waals surface area contributed by atoms with Crippen molar-refractivity contribution in [3.8, 4) is 0 Å². The van der Waals surface area contributed by atoms with Gasteiger partial charge in [0.1, 0.15) is 0 Å². The van der Waals surface area contributed by atoms with Crippen molar-refractivity contribution in [2.75, 3.05) is 11.4 Å². The van der Waals surface area contributed by atoms with Crippen LogP contribution in [0.5, 0.6) is 0 Å². The zero-order chi connectivity index (χ0) is 22.1. The summed E-state index contributed by atoms with van der Waals surface area (Å²) in [5, 5.41) is 12.6. The molecule has 0 radical (unpaired) electrons. The number of fused-ring (bicyclic) bond motifs is 2. The minimum atomic E-state index is -1.84. The van der Waals surface area contributed by atoms with E-state index in [2.05, 4.69) is 11.1 Å². The van der Waals surface area contributed by atoms with Crippen LogP contribution in [0.25, 0.3) is 10.9 Å². The second-order valence-corrected chi connectivity index (χ2v) is 8.26. The number of aliphatic hydroxyl groups is 1. The van der Waals surface area contributed by atoms with E-state index in [0.29, 0.717) is 23.4 Å². The third-order valence-electron chi connectivity index (χ3n) is 6.25. The second kappa shape index (κ2) is 8.09. The maximum Gasteiger partial charge on any atom is 0.264 e. The lowest BCUT2D eigenvalue weighted by atomic mass is 9.88. The molecule has 160 valence electrons. The summed E-state index contributed by atoms with van der Waals surface area (Å²) in [6.45, 7) is 0.469. The molecule has 0 saturated heterocycles. The van der Waals surface area contributed by atoms with Crippen LogP contribution in [-0.4, -0.2) is 28.3 Å². The van der Waals surface area contributed by atoms with Gasteiger partial charge in [-0.15, -0.1) is 0 Å². The van der Waals surface area contributed by atoms with E-state index in [9.17, 15) is 14.7 Å². The van der Waals surface area contributed by atoms with Gasteiger partial charge in [-0.2, -0.15) is 0 Å². The highest BCUT2D eigenvalue weighted by atomic mass is 16.3. The number of hydrogen-bond acceptors (Lipinski definition) is 3. The summed E-state index contributed by atoms with van der Waals surface area (Å²) in [5.41, 5.74) is 2.13. The summed E-state index contributed by atoms with van der Waals surface area (Å²) in [6, 6.07) is 24.2. The quantitative estimate of drug-likeness (QED) is 0.426. The van der Waals surface area contributed by atoms with E-state index in [0.717, 1.165) is 18.4 Å². The van der Waals surface area contributed by atoms with E-state index in [-0.39, 0.29) is 12.2 Å². The van der Waals surface area contributed by atoms with E-state index in [1.807, 2.05) is 42.6 Å². The molecular weight excluding hydrogens is 400 g/mol. The fourth-order valence-corrected chi connectivity index (χ4v) is 4.62. The van der Waals surface area contributed by atoms with Crippen molar-refractivity contribution in [1.29, 1.82) is 0 Å². The Morgan fingerprint density at radius 3 is 2.50 bits per heavy atom. The fraction of sp³-hybridized carbons (Fsp3) is 0.185. The number of anilines is 1. The van der Waals surface area contributed by atoms with Crippen molar-refractivity contribution in [2.24, 2.45) is 0 Å². The molecule has 1 atom stereocenters. The van der Waals surface area contributed by atoms with Crippen LogP contribution in [-0.2, 0) is 16.8 Å². The Morgan fingerprint density at radius 1 is 0.938 bits per heavy atom. The number of nitrogens with zero attached hydrogens (tertiary/aromatic N) is 1. The number of carbonyl (C=O) groups excluding carboxylic acids is 2. The summed E-state index contributed by atoms with van der Waals surface area (Å²) in [4.78, 5) is 31.1. The van der Waals surface area contributed by atoms with Gasteiger partial charge in [0.05, 0.1) is 12.1 Å². The highest BCUT2D eigenvalue weighted by Crippen LogP contribution is 2.43. The van der Waals surface area contributed by atoms with Crippen LogP contribution >= 0.6 is 0 Å². The molecule has 0 spiro atoms. The number of rotatable bonds is 7. The SMILES string of the molecule is O=C(C[C@]1(O)C(=O)N(CCCc2c[nH]c3ccccc23)c2ccccc21)c1ccccc1.